The summed E-state index contributed by atoms with van der Waals surface area (Å²) < 4.78 is 1.95. The van der Waals surface area contributed by atoms with Crippen molar-refractivity contribution in [2.45, 2.75) is 46.1 Å². The third kappa shape index (κ3) is 2.13. The van der Waals surface area contributed by atoms with Gasteiger partial charge in [-0.25, -0.2) is 0 Å². The molecule has 0 aliphatic carbocycles. The third-order valence-electron chi connectivity index (χ3n) is 3.85. The Morgan fingerprint density at radius 1 is 1.35 bits per heavy atom. The summed E-state index contributed by atoms with van der Waals surface area (Å²) in [7, 11) is 2.00. The number of hydrogen-bond donors (Lipinski definition) is 1. The van der Waals surface area contributed by atoms with Gasteiger partial charge in [0.25, 0.3) is 0 Å². The van der Waals surface area contributed by atoms with E-state index in [0.717, 1.165) is 36.1 Å². The van der Waals surface area contributed by atoms with Gasteiger partial charge < -0.3 is 10.6 Å². The van der Waals surface area contributed by atoms with E-state index < -0.39 is 0 Å². The zero-order valence-corrected chi connectivity index (χ0v) is 11.4. The lowest BCUT2D eigenvalue weighted by Gasteiger charge is -2.38. The lowest BCUT2D eigenvalue weighted by atomic mass is 9.95. The molecule has 0 amide bonds. The molecule has 1 aliphatic rings. The van der Waals surface area contributed by atoms with Gasteiger partial charge in [-0.15, -0.1) is 0 Å². The molecule has 0 aromatic carbocycles. The summed E-state index contributed by atoms with van der Waals surface area (Å²) in [6, 6.07) is 0.564. The first-order chi connectivity index (χ1) is 8.04. The first-order valence-corrected chi connectivity index (χ1v) is 6.62. The molecule has 1 fully saturated rings. The Morgan fingerprint density at radius 3 is 2.65 bits per heavy atom. The molecule has 2 N–H and O–H groups in total. The SMILES string of the molecule is CCc1nn(C)c(N2CC(C)CCC2C)c1N. The average Bonchev–Trinajstić information content (AvgIpc) is 2.58. The van der Waals surface area contributed by atoms with Gasteiger partial charge in [0, 0.05) is 19.6 Å². The van der Waals surface area contributed by atoms with Gasteiger partial charge in [0.05, 0.1) is 11.4 Å². The van der Waals surface area contributed by atoms with Crippen LogP contribution < -0.4 is 10.6 Å². The molecule has 2 unspecified atom stereocenters. The minimum atomic E-state index is 0.564. The number of aromatic nitrogens is 2. The van der Waals surface area contributed by atoms with Crippen LogP contribution in [-0.4, -0.2) is 22.4 Å². The fourth-order valence-electron chi connectivity index (χ4n) is 2.77. The molecule has 0 bridgehead atoms. The lowest BCUT2D eigenvalue weighted by molar-refractivity contribution is 0.385. The quantitative estimate of drug-likeness (QED) is 0.856. The van der Waals surface area contributed by atoms with Crippen LogP contribution in [0.25, 0.3) is 0 Å². The molecule has 4 nitrogen and oxygen atoms in total. The van der Waals surface area contributed by atoms with E-state index in [4.69, 9.17) is 5.73 Å². The predicted molar refractivity (Wildman–Crippen MR) is 72.2 cm³/mol. The topological polar surface area (TPSA) is 47.1 Å². The highest BCUT2D eigenvalue weighted by Crippen LogP contribution is 2.32. The second-order valence-electron chi connectivity index (χ2n) is 5.35. The normalized spacial score (nSPS) is 25.3. The van der Waals surface area contributed by atoms with E-state index in [9.17, 15) is 0 Å². The number of nitrogens with zero attached hydrogens (tertiary/aromatic N) is 3. The second-order valence-corrected chi connectivity index (χ2v) is 5.35. The van der Waals surface area contributed by atoms with Crippen molar-refractivity contribution in [3.63, 3.8) is 0 Å². The van der Waals surface area contributed by atoms with Gasteiger partial charge in [-0.05, 0) is 32.1 Å². The number of anilines is 2. The monoisotopic (exact) mass is 236 g/mol. The van der Waals surface area contributed by atoms with Gasteiger partial charge in [0.1, 0.15) is 0 Å². The molecule has 1 aromatic heterocycles. The zero-order chi connectivity index (χ0) is 12.6. The van der Waals surface area contributed by atoms with Crippen LogP contribution in [0.4, 0.5) is 11.5 Å². The van der Waals surface area contributed by atoms with Gasteiger partial charge in [-0.2, -0.15) is 5.10 Å². The highest BCUT2D eigenvalue weighted by Gasteiger charge is 2.27. The smallest absolute Gasteiger partial charge is 0.150 e. The Bertz CT molecular complexity index is 396. The molecule has 1 aliphatic heterocycles. The summed E-state index contributed by atoms with van der Waals surface area (Å²) in [5.41, 5.74) is 8.12. The summed E-state index contributed by atoms with van der Waals surface area (Å²) in [5.74, 6) is 1.85. The first-order valence-electron chi connectivity index (χ1n) is 6.62. The van der Waals surface area contributed by atoms with Crippen LogP contribution in [0.15, 0.2) is 0 Å². The highest BCUT2D eigenvalue weighted by atomic mass is 15.4. The molecular formula is C13H24N4. The summed E-state index contributed by atoms with van der Waals surface area (Å²) in [5, 5.41) is 4.51. The minimum absolute atomic E-state index is 0.564. The minimum Gasteiger partial charge on any atom is -0.394 e. The third-order valence-corrected chi connectivity index (χ3v) is 3.85. The van der Waals surface area contributed by atoms with Crippen LogP contribution in [0.1, 0.15) is 39.3 Å². The molecule has 2 atom stereocenters. The number of nitrogen functional groups attached to an aromatic ring is 1. The van der Waals surface area contributed by atoms with Crippen molar-refractivity contribution in [2.24, 2.45) is 13.0 Å². The summed E-state index contributed by atoms with van der Waals surface area (Å²) >= 11 is 0. The molecule has 2 rings (SSSR count). The van der Waals surface area contributed by atoms with Crippen molar-refractivity contribution in [1.29, 1.82) is 0 Å². The zero-order valence-electron chi connectivity index (χ0n) is 11.4. The van der Waals surface area contributed by atoms with E-state index in [0.29, 0.717) is 6.04 Å². The molecule has 0 radical (unpaired) electrons. The number of aryl methyl sites for hydroxylation is 2. The van der Waals surface area contributed by atoms with E-state index in [1.165, 1.54) is 12.8 Å². The number of rotatable bonds is 2. The van der Waals surface area contributed by atoms with Gasteiger partial charge in [-0.1, -0.05) is 13.8 Å². The van der Waals surface area contributed by atoms with Crippen LogP contribution in [0.3, 0.4) is 0 Å². The summed E-state index contributed by atoms with van der Waals surface area (Å²) in [4.78, 5) is 2.43. The maximum Gasteiger partial charge on any atom is 0.150 e. The maximum atomic E-state index is 6.23. The Labute approximate surface area is 104 Å². The van der Waals surface area contributed by atoms with Crippen LogP contribution in [-0.2, 0) is 13.5 Å². The van der Waals surface area contributed by atoms with Crippen molar-refractivity contribution in [2.75, 3.05) is 17.2 Å². The maximum absolute atomic E-state index is 6.23. The van der Waals surface area contributed by atoms with Gasteiger partial charge in [0.2, 0.25) is 0 Å². The highest BCUT2D eigenvalue weighted by molar-refractivity contribution is 5.67. The predicted octanol–water partition coefficient (Wildman–Crippen LogP) is 2.19. The van der Waals surface area contributed by atoms with Crippen molar-refractivity contribution in [3.05, 3.63) is 5.69 Å². The molecular weight excluding hydrogens is 212 g/mol. The van der Waals surface area contributed by atoms with Crippen LogP contribution >= 0.6 is 0 Å². The Balaban J connectivity index is 2.35. The Hall–Kier alpha value is -1.19. The molecule has 0 spiro atoms. The van der Waals surface area contributed by atoms with Crippen LogP contribution in [0.5, 0.6) is 0 Å². The summed E-state index contributed by atoms with van der Waals surface area (Å²) in [6.45, 7) is 7.79. The van der Waals surface area contributed by atoms with Crippen molar-refractivity contribution < 1.29 is 0 Å². The van der Waals surface area contributed by atoms with Crippen molar-refractivity contribution in [3.8, 4) is 0 Å². The van der Waals surface area contributed by atoms with Gasteiger partial charge >= 0.3 is 0 Å². The largest absolute Gasteiger partial charge is 0.394 e. The van der Waals surface area contributed by atoms with Crippen molar-refractivity contribution >= 4 is 11.5 Å². The second kappa shape index (κ2) is 4.59. The van der Waals surface area contributed by atoms with Gasteiger partial charge in [-0.3, -0.25) is 4.68 Å². The Morgan fingerprint density at radius 2 is 2.06 bits per heavy atom. The summed E-state index contributed by atoms with van der Waals surface area (Å²) in [6.07, 6.45) is 3.46. The van der Waals surface area contributed by atoms with E-state index in [1.807, 2.05) is 11.7 Å². The average molecular weight is 236 g/mol. The van der Waals surface area contributed by atoms with Crippen molar-refractivity contribution in [1.82, 2.24) is 9.78 Å². The van der Waals surface area contributed by atoms with E-state index in [1.54, 1.807) is 0 Å². The molecule has 0 saturated carbocycles. The van der Waals surface area contributed by atoms with Crippen LogP contribution in [0, 0.1) is 5.92 Å². The fraction of sp³-hybridized carbons (Fsp3) is 0.769. The van der Waals surface area contributed by atoms with E-state index in [2.05, 4.69) is 30.8 Å². The lowest BCUT2D eigenvalue weighted by Crippen LogP contribution is -2.42. The van der Waals surface area contributed by atoms with E-state index in [-0.39, 0.29) is 0 Å². The first kappa shape index (κ1) is 12.3. The number of piperidine rings is 1. The molecule has 96 valence electrons. The van der Waals surface area contributed by atoms with Crippen LogP contribution in [0.2, 0.25) is 0 Å². The standard InChI is InChI=1S/C13H24N4/c1-5-11-12(14)13(16(4)15-11)17-8-9(2)6-7-10(17)3/h9-10H,5-8,14H2,1-4H3. The Kier molecular flexibility index (Phi) is 3.31. The fourth-order valence-corrected chi connectivity index (χ4v) is 2.77. The molecule has 1 aromatic rings. The molecule has 1 saturated heterocycles. The van der Waals surface area contributed by atoms with E-state index >= 15 is 0 Å². The molecule has 4 heteroatoms. The molecule has 17 heavy (non-hydrogen) atoms. The van der Waals surface area contributed by atoms with Gasteiger partial charge in [0.15, 0.2) is 5.82 Å². The number of hydrogen-bond acceptors (Lipinski definition) is 3. The molecule has 2 heterocycles. The number of nitrogens with two attached hydrogens (primary N) is 1.